The first kappa shape index (κ1) is 81.7. The first-order valence-corrected chi connectivity index (χ1v) is 49.1. The van der Waals surface area contributed by atoms with E-state index < -0.39 is 0 Å². The van der Waals surface area contributed by atoms with Gasteiger partial charge in [-0.1, -0.05) is 351 Å². The molecule has 6 heterocycles. The largest absolute Gasteiger partial charge is 0.456 e. The van der Waals surface area contributed by atoms with Gasteiger partial charge >= 0.3 is 0 Å². The van der Waals surface area contributed by atoms with Gasteiger partial charge in [-0.3, -0.25) is 0 Å². The van der Waals surface area contributed by atoms with Crippen molar-refractivity contribution in [3.05, 3.63) is 488 Å². The quantitative estimate of drug-likeness (QED) is 0.145. The monoisotopic (exact) mass is 1800 g/mol. The molecule has 6 heteroatoms. The summed E-state index contributed by atoms with van der Waals surface area (Å²) in [5.74, 6) is 0. The zero-order valence-electron chi connectivity index (χ0n) is 78.9. The van der Waals surface area contributed by atoms with E-state index in [-0.39, 0.29) is 16.2 Å². The van der Waals surface area contributed by atoms with Crippen molar-refractivity contribution in [1.29, 1.82) is 0 Å². The molecule has 0 amide bonds. The Morgan fingerprint density at radius 1 is 0.170 bits per heavy atom. The second kappa shape index (κ2) is 31.2. The smallest absolute Gasteiger partial charge is 0.143 e. The van der Waals surface area contributed by atoms with Crippen LogP contribution in [0.1, 0.15) is 74.9 Å². The third-order valence-electron chi connectivity index (χ3n) is 31.2. The minimum Gasteiger partial charge on any atom is -0.456 e. The summed E-state index contributed by atoms with van der Waals surface area (Å²) >= 11 is 0. The van der Waals surface area contributed by atoms with Crippen LogP contribution in [-0.4, -0.2) is 13.7 Å². The predicted molar refractivity (Wildman–Crippen MR) is 589 cm³/mol. The molecule has 0 bridgehead atoms. The summed E-state index contributed by atoms with van der Waals surface area (Å²) < 4.78 is 26.6. The van der Waals surface area contributed by atoms with E-state index in [4.69, 9.17) is 13.3 Å². The topological polar surface area (TPSA) is 54.2 Å². The summed E-state index contributed by atoms with van der Waals surface area (Å²) in [6.07, 6.45) is 0. The summed E-state index contributed by atoms with van der Waals surface area (Å²) in [6.45, 7) is 14.2. The van der Waals surface area contributed by atoms with Crippen LogP contribution in [0.4, 0.5) is 0 Å². The van der Waals surface area contributed by atoms with Crippen LogP contribution < -0.4 is 0 Å². The maximum absolute atomic E-state index is 6.55. The zero-order chi connectivity index (χ0) is 93.8. The number of nitrogens with zero attached hydrogens (tertiary/aromatic N) is 3. The summed E-state index contributed by atoms with van der Waals surface area (Å²) in [4.78, 5) is 0. The lowest BCUT2D eigenvalue weighted by atomic mass is 9.80. The van der Waals surface area contributed by atoms with Crippen molar-refractivity contribution >= 4 is 131 Å². The molecule has 30 rings (SSSR count). The average molecular weight is 1810 g/mol. The van der Waals surface area contributed by atoms with Gasteiger partial charge in [0.25, 0.3) is 0 Å². The number of rotatable bonds is 9. The van der Waals surface area contributed by atoms with E-state index in [1.807, 2.05) is 12.1 Å². The molecule has 141 heavy (non-hydrogen) atoms. The Labute approximate surface area is 815 Å². The maximum atomic E-state index is 6.55. The summed E-state index contributed by atoms with van der Waals surface area (Å²) in [5, 5.41) is 14.7. The fourth-order valence-corrected chi connectivity index (χ4v) is 24.2. The number of benzene rings is 21. The van der Waals surface area contributed by atoms with Crippen LogP contribution in [-0.2, 0) is 16.2 Å². The molecule has 3 aliphatic carbocycles. The number of hydrogen-bond donors (Lipinski definition) is 0. The maximum Gasteiger partial charge on any atom is 0.143 e. The van der Waals surface area contributed by atoms with Crippen molar-refractivity contribution in [2.75, 3.05) is 0 Å². The fraction of sp³-hybridized carbons (Fsp3) is 0.0667. The van der Waals surface area contributed by atoms with Crippen molar-refractivity contribution in [3.8, 4) is 117 Å². The SMILES string of the molecule is CC1(C)c2cc(-n3c4ccc(-c5ccccc5)cc4c4cc(-c5ccccc5)ccc43)ccc2-c2c1ccc1c2oc2ccccc21.CC1(C)c2cc(-n3c4ccc(-c5ccccc5)cc4c4cc(-c5ccccc5)ccc43)ccc2-c2cc3oc4ccccc4c3cc21.CC1(C)c2cc(-n3c4ccc(-c5ccccc5)cc4c4cc(-c5ccccc5)ccc43)ccc2-c2ccc3oc4ccccc4c3c21. The van der Waals surface area contributed by atoms with E-state index in [1.165, 1.54) is 248 Å². The number of hydrogen-bond acceptors (Lipinski definition) is 3. The van der Waals surface area contributed by atoms with Gasteiger partial charge in [-0.2, -0.15) is 0 Å². The van der Waals surface area contributed by atoms with Gasteiger partial charge in [0.05, 0.1) is 33.1 Å². The van der Waals surface area contributed by atoms with Crippen molar-refractivity contribution in [3.63, 3.8) is 0 Å². The standard InChI is InChI=1S/3C45H31NO/c1-45(2)38-22-21-34-33-15-9-10-16-42(33)47-44(34)43(38)35-20-19-32(27-39(35)45)46-40-23-17-30(28-11-5-3-6-12-28)25-36(40)37-26-31(18-24-41(37)46)29-13-7-4-8-14-29;1-45(2)38-27-32(19-20-33(38)34-21-24-42-43(44(34)45)35-15-9-10-16-41(35)47-42)46-39-22-17-30(28-11-5-3-6-12-28)25-36(39)37-26-31(18-23-40(37)46)29-13-7-4-8-14-29;1-45(2)39-25-32(19-20-33(39)35-27-44-38(26-40(35)45)34-15-9-10-16-43(34)47-44)46-41-21-17-30(28-11-5-3-6-12-28)23-36(41)37-24-31(18-22-42(37)46)29-13-7-4-8-14-29/h3*3-27H,1-2H3. The molecular weight excluding hydrogens is 1710 g/mol. The third kappa shape index (κ3) is 12.7. The molecule has 0 radical (unpaired) electrons. The summed E-state index contributed by atoms with van der Waals surface area (Å²) in [6, 6.07) is 165. The average Bonchev–Trinajstić information content (AvgIpc) is 1.59. The molecule has 0 fully saturated rings. The van der Waals surface area contributed by atoms with Crippen LogP contribution in [0.2, 0.25) is 0 Å². The molecule has 666 valence electrons. The van der Waals surface area contributed by atoms with E-state index in [9.17, 15) is 0 Å². The molecule has 0 aliphatic heterocycles. The van der Waals surface area contributed by atoms with E-state index >= 15 is 0 Å². The van der Waals surface area contributed by atoms with Gasteiger partial charge in [-0.25, -0.2) is 0 Å². The van der Waals surface area contributed by atoms with Crippen molar-refractivity contribution in [2.24, 2.45) is 0 Å². The Morgan fingerprint density at radius 3 is 0.879 bits per heavy atom. The Balaban J connectivity index is 0.000000104. The molecule has 27 aromatic rings. The zero-order valence-corrected chi connectivity index (χ0v) is 78.9. The van der Waals surface area contributed by atoms with Gasteiger partial charge in [-0.15, -0.1) is 0 Å². The van der Waals surface area contributed by atoms with Crippen molar-refractivity contribution < 1.29 is 13.3 Å². The highest BCUT2D eigenvalue weighted by Crippen LogP contribution is 2.58. The lowest BCUT2D eigenvalue weighted by molar-refractivity contribution is 0.653. The van der Waals surface area contributed by atoms with Gasteiger partial charge in [0.15, 0.2) is 0 Å². The Morgan fingerprint density at radius 2 is 0.475 bits per heavy atom. The van der Waals surface area contributed by atoms with Crippen LogP contribution in [0.3, 0.4) is 0 Å². The van der Waals surface area contributed by atoms with E-state index in [1.54, 1.807) is 0 Å². The lowest BCUT2D eigenvalue weighted by Gasteiger charge is -2.23. The number of para-hydroxylation sites is 3. The number of aromatic nitrogens is 3. The summed E-state index contributed by atoms with van der Waals surface area (Å²) in [5.41, 5.74) is 46.4. The second-order valence-corrected chi connectivity index (χ2v) is 40.1. The molecule has 6 aromatic heterocycles. The van der Waals surface area contributed by atoms with E-state index in [0.717, 1.165) is 33.5 Å². The summed E-state index contributed by atoms with van der Waals surface area (Å²) in [7, 11) is 0. The first-order chi connectivity index (χ1) is 69.2. The molecule has 21 aromatic carbocycles. The van der Waals surface area contributed by atoms with Crippen LogP contribution in [0.5, 0.6) is 0 Å². The van der Waals surface area contributed by atoms with E-state index in [2.05, 4.69) is 498 Å². The van der Waals surface area contributed by atoms with Gasteiger partial charge in [-0.05, 0) is 274 Å². The van der Waals surface area contributed by atoms with Gasteiger partial charge < -0.3 is 27.0 Å². The van der Waals surface area contributed by atoms with E-state index in [0.29, 0.717) is 0 Å². The molecule has 0 saturated heterocycles. The molecule has 3 aliphatic rings. The minimum atomic E-state index is -0.202. The molecule has 0 spiro atoms. The van der Waals surface area contributed by atoms with Gasteiger partial charge in [0.2, 0.25) is 0 Å². The van der Waals surface area contributed by atoms with Gasteiger partial charge in [0, 0.05) is 104 Å². The molecular formula is C135H93N3O3. The third-order valence-corrected chi connectivity index (χ3v) is 31.2. The van der Waals surface area contributed by atoms with Crippen molar-refractivity contribution in [1.82, 2.24) is 13.7 Å². The minimum absolute atomic E-state index is 0.160. The van der Waals surface area contributed by atoms with Gasteiger partial charge in [0.1, 0.15) is 33.5 Å². The Kier molecular flexibility index (Phi) is 18.1. The van der Waals surface area contributed by atoms with Crippen LogP contribution in [0, 0.1) is 0 Å². The molecule has 0 unspecified atom stereocenters. The molecule has 0 atom stereocenters. The molecule has 6 nitrogen and oxygen atoms in total. The molecule has 0 saturated carbocycles. The predicted octanol–water partition coefficient (Wildman–Crippen LogP) is 37.0. The highest BCUT2D eigenvalue weighted by molar-refractivity contribution is 6.18. The second-order valence-electron chi connectivity index (χ2n) is 40.1. The Bertz CT molecular complexity index is 9580. The van der Waals surface area contributed by atoms with Crippen LogP contribution in [0.25, 0.3) is 248 Å². The molecule has 0 N–H and O–H groups in total. The highest BCUT2D eigenvalue weighted by atomic mass is 16.3. The number of furan rings is 3. The normalized spacial score (nSPS) is 13.5. The van der Waals surface area contributed by atoms with Crippen molar-refractivity contribution in [2.45, 2.75) is 57.8 Å². The lowest BCUT2D eigenvalue weighted by Crippen LogP contribution is -2.15. The highest BCUT2D eigenvalue weighted by Gasteiger charge is 2.42. The van der Waals surface area contributed by atoms with Crippen LogP contribution >= 0.6 is 0 Å². The van der Waals surface area contributed by atoms with Crippen LogP contribution in [0.15, 0.2) is 468 Å². The first-order valence-electron chi connectivity index (χ1n) is 49.1. The Hall–Kier alpha value is -17.6. The number of fused-ring (bicyclic) bond motifs is 29. The fourth-order valence-electron chi connectivity index (χ4n) is 24.2.